The van der Waals surface area contributed by atoms with Gasteiger partial charge in [-0.15, -0.1) is 0 Å². The average molecular weight is 519 g/mol. The van der Waals surface area contributed by atoms with Crippen LogP contribution in [0.2, 0.25) is 0 Å². The number of hydrogen-bond donors (Lipinski definition) is 2. The van der Waals surface area contributed by atoms with E-state index in [4.69, 9.17) is 9.84 Å². The maximum atomic E-state index is 14.0. The minimum absolute atomic E-state index is 0.230. The number of alkyl halides is 5. The maximum absolute atomic E-state index is 14.0. The van der Waals surface area contributed by atoms with E-state index in [2.05, 4.69) is 10.4 Å². The van der Waals surface area contributed by atoms with Crippen LogP contribution in [-0.2, 0) is 13.2 Å². The highest BCUT2D eigenvalue weighted by molar-refractivity contribution is 5.98. The van der Waals surface area contributed by atoms with E-state index < -0.39 is 76.2 Å². The van der Waals surface area contributed by atoms with Gasteiger partial charge >= 0.3 is 12.1 Å². The molecule has 0 bridgehead atoms. The molecule has 0 fully saturated rings. The Morgan fingerprint density at radius 2 is 1.69 bits per heavy atom. The van der Waals surface area contributed by atoms with Crippen molar-refractivity contribution < 1.29 is 50.2 Å². The molecule has 36 heavy (non-hydrogen) atoms. The number of carboxylic acid groups (broad SMARTS) is 1. The van der Waals surface area contributed by atoms with E-state index in [0.717, 1.165) is 29.9 Å². The lowest BCUT2D eigenvalue weighted by Crippen LogP contribution is -2.28. The first-order chi connectivity index (χ1) is 16.7. The van der Waals surface area contributed by atoms with Gasteiger partial charge in [0.2, 0.25) is 5.88 Å². The molecular formula is C22H16F7N3O4. The fraction of sp³-hybridized carbons (Fsp3) is 0.227. The Balaban J connectivity index is 1.97. The summed E-state index contributed by atoms with van der Waals surface area (Å²) in [5.41, 5.74) is -4.42. The van der Waals surface area contributed by atoms with E-state index in [1.165, 1.54) is 6.92 Å². The number of ether oxygens (including phenoxy) is 1. The number of rotatable bonds is 7. The molecule has 0 spiro atoms. The molecule has 3 aromatic rings. The van der Waals surface area contributed by atoms with E-state index in [1.807, 2.05) is 0 Å². The Morgan fingerprint density at radius 1 is 1.08 bits per heavy atom. The molecule has 1 aromatic heterocycles. The molecule has 0 radical (unpaired) electrons. The van der Waals surface area contributed by atoms with E-state index in [-0.39, 0.29) is 5.56 Å². The molecule has 192 valence electrons. The van der Waals surface area contributed by atoms with Crippen LogP contribution in [0.1, 0.15) is 56.9 Å². The average Bonchev–Trinajstić information content (AvgIpc) is 3.09. The molecule has 0 saturated heterocycles. The van der Waals surface area contributed by atoms with Crippen LogP contribution in [0.25, 0.3) is 0 Å². The second-order valence-corrected chi connectivity index (χ2v) is 7.48. The molecule has 7 nitrogen and oxygen atoms in total. The van der Waals surface area contributed by atoms with E-state index in [9.17, 15) is 40.3 Å². The van der Waals surface area contributed by atoms with Gasteiger partial charge in [-0.05, 0) is 42.8 Å². The summed E-state index contributed by atoms with van der Waals surface area (Å²) < 4.78 is 100. The van der Waals surface area contributed by atoms with Gasteiger partial charge < -0.3 is 15.2 Å². The first kappa shape index (κ1) is 26.5. The van der Waals surface area contributed by atoms with Crippen LogP contribution < -0.4 is 10.1 Å². The van der Waals surface area contributed by atoms with Crippen LogP contribution in [-0.4, -0.2) is 26.8 Å². The fourth-order valence-electron chi connectivity index (χ4n) is 3.26. The van der Waals surface area contributed by atoms with Gasteiger partial charge in [-0.2, -0.15) is 18.3 Å². The lowest BCUT2D eigenvalue weighted by molar-refractivity contribution is -0.137. The molecule has 0 aliphatic heterocycles. The molecule has 1 heterocycles. The van der Waals surface area contributed by atoms with E-state index >= 15 is 0 Å². The highest BCUT2D eigenvalue weighted by Gasteiger charge is 2.33. The standard InChI is InChI=1S/C22H16F7N3O4/c1-9(10-6-13(23)15(21(34)35)14(24)7-10)30-19(33)16-17(18(25)26)31-32(2)20(16)36-12-5-3-4-11(8-12)22(27,28)29/h3-9,18H,1-2H3,(H,30,33)(H,34,35). The zero-order valence-electron chi connectivity index (χ0n) is 18.3. The van der Waals surface area contributed by atoms with Crippen molar-refractivity contribution in [1.82, 2.24) is 15.1 Å². The molecule has 2 aromatic carbocycles. The second-order valence-electron chi connectivity index (χ2n) is 7.48. The van der Waals surface area contributed by atoms with Crippen LogP contribution in [0.3, 0.4) is 0 Å². The first-order valence-electron chi connectivity index (χ1n) is 9.94. The third-order valence-corrected chi connectivity index (χ3v) is 4.96. The quantitative estimate of drug-likeness (QED) is 0.395. The predicted molar refractivity (Wildman–Crippen MR) is 109 cm³/mol. The Bertz CT molecular complexity index is 1300. The van der Waals surface area contributed by atoms with Crippen LogP contribution >= 0.6 is 0 Å². The van der Waals surface area contributed by atoms with E-state index in [1.54, 1.807) is 0 Å². The number of nitrogens with one attached hydrogen (secondary N) is 1. The summed E-state index contributed by atoms with van der Waals surface area (Å²) in [4.78, 5) is 23.9. The summed E-state index contributed by atoms with van der Waals surface area (Å²) in [7, 11) is 1.12. The van der Waals surface area contributed by atoms with Gasteiger partial charge in [0.05, 0.1) is 11.6 Å². The molecule has 0 aliphatic carbocycles. The third-order valence-electron chi connectivity index (χ3n) is 4.96. The summed E-state index contributed by atoms with van der Waals surface area (Å²) in [6.07, 6.45) is -8.02. The largest absolute Gasteiger partial charge is 0.477 e. The maximum Gasteiger partial charge on any atom is 0.416 e. The second kappa shape index (κ2) is 9.87. The third kappa shape index (κ3) is 5.42. The van der Waals surface area contributed by atoms with Gasteiger partial charge in [0.1, 0.15) is 34.2 Å². The predicted octanol–water partition coefficient (Wildman–Crippen LogP) is 5.64. The Kier molecular flexibility index (Phi) is 7.27. The number of carbonyl (C=O) groups excluding carboxylic acids is 1. The van der Waals surface area contributed by atoms with Crippen molar-refractivity contribution in [2.24, 2.45) is 7.05 Å². The molecule has 1 amide bonds. The van der Waals surface area contributed by atoms with Crippen molar-refractivity contribution in [2.75, 3.05) is 0 Å². The van der Waals surface area contributed by atoms with Crippen LogP contribution in [0.5, 0.6) is 11.6 Å². The number of amides is 1. The van der Waals surface area contributed by atoms with Crippen LogP contribution in [0, 0.1) is 11.6 Å². The zero-order valence-corrected chi connectivity index (χ0v) is 18.3. The molecule has 1 unspecified atom stereocenters. The molecule has 1 atom stereocenters. The highest BCUT2D eigenvalue weighted by atomic mass is 19.4. The zero-order chi connectivity index (χ0) is 26.9. The number of nitrogens with zero attached hydrogens (tertiary/aromatic N) is 2. The first-order valence-corrected chi connectivity index (χ1v) is 9.94. The Morgan fingerprint density at radius 3 is 2.22 bits per heavy atom. The normalized spacial score (nSPS) is 12.5. The summed E-state index contributed by atoms with van der Waals surface area (Å²) in [6.45, 7) is 1.23. The van der Waals surface area contributed by atoms with Gasteiger partial charge in [-0.1, -0.05) is 6.07 Å². The van der Waals surface area contributed by atoms with Gasteiger partial charge in [-0.25, -0.2) is 27.0 Å². The number of aryl methyl sites for hydroxylation is 1. The number of aromatic carboxylic acids is 1. The summed E-state index contributed by atoms with van der Waals surface area (Å²) in [5.74, 6) is -7.00. The van der Waals surface area contributed by atoms with Crippen molar-refractivity contribution in [3.63, 3.8) is 0 Å². The van der Waals surface area contributed by atoms with Gasteiger partial charge in [0.25, 0.3) is 12.3 Å². The minimum Gasteiger partial charge on any atom is -0.477 e. The van der Waals surface area contributed by atoms with Crippen LogP contribution in [0.4, 0.5) is 30.7 Å². The molecule has 2 N–H and O–H groups in total. The summed E-state index contributed by atoms with van der Waals surface area (Å²) in [5, 5.41) is 14.6. The number of aromatic nitrogens is 2. The van der Waals surface area contributed by atoms with Crippen LogP contribution in [0.15, 0.2) is 36.4 Å². The molecule has 0 aliphatic rings. The molecular weight excluding hydrogens is 503 g/mol. The Labute approximate surface area is 198 Å². The van der Waals surface area contributed by atoms with Crippen molar-refractivity contribution in [1.29, 1.82) is 0 Å². The summed E-state index contributed by atoms with van der Waals surface area (Å²) in [6, 6.07) is 3.53. The molecule has 14 heteroatoms. The van der Waals surface area contributed by atoms with Crippen molar-refractivity contribution in [3.05, 3.63) is 76.0 Å². The highest BCUT2D eigenvalue weighted by Crippen LogP contribution is 2.36. The fourth-order valence-corrected chi connectivity index (χ4v) is 3.26. The molecule has 0 saturated carbocycles. The number of benzene rings is 2. The van der Waals surface area contributed by atoms with Gasteiger partial charge in [-0.3, -0.25) is 4.79 Å². The number of hydrogen-bond acceptors (Lipinski definition) is 4. The van der Waals surface area contributed by atoms with E-state index in [0.29, 0.717) is 18.2 Å². The number of carbonyl (C=O) groups is 2. The summed E-state index contributed by atoms with van der Waals surface area (Å²) >= 11 is 0. The van der Waals surface area contributed by atoms with Gasteiger partial charge in [0.15, 0.2) is 0 Å². The SMILES string of the molecule is CC(NC(=O)c1c(C(F)F)nn(C)c1Oc1cccc(C(F)(F)F)c1)c1cc(F)c(C(=O)O)c(F)c1. The monoisotopic (exact) mass is 519 g/mol. The van der Waals surface area contributed by atoms with Crippen molar-refractivity contribution >= 4 is 11.9 Å². The number of carboxylic acids is 1. The molecule has 3 rings (SSSR count). The van der Waals surface area contributed by atoms with Crippen molar-refractivity contribution in [3.8, 4) is 11.6 Å². The lowest BCUT2D eigenvalue weighted by Gasteiger charge is -2.16. The van der Waals surface area contributed by atoms with Gasteiger partial charge in [0, 0.05) is 7.05 Å². The number of halogens is 7. The Hall–Kier alpha value is -4.10. The smallest absolute Gasteiger partial charge is 0.416 e. The van der Waals surface area contributed by atoms with Crippen molar-refractivity contribution in [2.45, 2.75) is 25.6 Å². The lowest BCUT2D eigenvalue weighted by atomic mass is 10.0. The topological polar surface area (TPSA) is 93.5 Å². The minimum atomic E-state index is -4.73.